The molecule has 0 saturated heterocycles. The fourth-order valence-corrected chi connectivity index (χ4v) is 4.67. The van der Waals surface area contributed by atoms with Crippen LogP contribution in [0.3, 0.4) is 0 Å². The summed E-state index contributed by atoms with van der Waals surface area (Å²) in [6.07, 6.45) is 1.53. The van der Waals surface area contributed by atoms with Crippen LogP contribution in [0.1, 0.15) is 19.4 Å². The van der Waals surface area contributed by atoms with Gasteiger partial charge in [-0.2, -0.15) is 5.10 Å². The third-order valence-corrected chi connectivity index (χ3v) is 6.49. The average Bonchev–Trinajstić information content (AvgIpc) is 2.79. The second-order valence-electron chi connectivity index (χ2n) is 7.30. The van der Waals surface area contributed by atoms with Crippen LogP contribution < -0.4 is 14.5 Å². The predicted octanol–water partition coefficient (Wildman–Crippen LogP) is 4.47. The Balaban J connectivity index is 1.76. The van der Waals surface area contributed by atoms with Gasteiger partial charge in [0.05, 0.1) is 27.9 Å². The van der Waals surface area contributed by atoms with Gasteiger partial charge in [0, 0.05) is 0 Å². The minimum atomic E-state index is -4.04. The van der Waals surface area contributed by atoms with Crippen LogP contribution in [-0.4, -0.2) is 33.2 Å². The van der Waals surface area contributed by atoms with Gasteiger partial charge in [-0.1, -0.05) is 41.9 Å². The summed E-state index contributed by atoms with van der Waals surface area (Å²) >= 11 is 6.25. The summed E-state index contributed by atoms with van der Waals surface area (Å²) in [4.78, 5) is 12.6. The predicted molar refractivity (Wildman–Crippen MR) is 130 cm³/mol. The molecule has 0 aliphatic rings. The van der Waals surface area contributed by atoms with Crippen molar-refractivity contribution < 1.29 is 17.9 Å². The van der Waals surface area contributed by atoms with Crippen molar-refractivity contribution in [3.8, 4) is 5.75 Å². The maximum Gasteiger partial charge on any atom is 0.264 e. The Kier molecular flexibility index (Phi) is 8.08. The second kappa shape index (κ2) is 11.0. The minimum Gasteiger partial charge on any atom is -0.491 e. The SMILES string of the molecule is CC(C)Oc1ccc(C=NNC(=O)CN(c2ccccc2Cl)S(=O)(=O)c2ccccc2)cc1. The molecule has 3 aromatic carbocycles. The van der Waals surface area contributed by atoms with Crippen LogP contribution in [0, 0.1) is 0 Å². The van der Waals surface area contributed by atoms with Gasteiger partial charge in [0.2, 0.25) is 0 Å². The molecule has 1 N–H and O–H groups in total. The lowest BCUT2D eigenvalue weighted by molar-refractivity contribution is -0.119. The Morgan fingerprint density at radius 3 is 2.30 bits per heavy atom. The van der Waals surface area contributed by atoms with Crippen LogP contribution in [-0.2, 0) is 14.8 Å². The number of anilines is 1. The molecule has 3 aromatic rings. The van der Waals surface area contributed by atoms with Crippen molar-refractivity contribution in [2.45, 2.75) is 24.8 Å². The van der Waals surface area contributed by atoms with Gasteiger partial charge in [-0.05, 0) is 67.9 Å². The van der Waals surface area contributed by atoms with Gasteiger partial charge in [-0.25, -0.2) is 13.8 Å². The highest BCUT2D eigenvalue weighted by Gasteiger charge is 2.28. The monoisotopic (exact) mass is 485 g/mol. The normalized spacial score (nSPS) is 11.5. The number of nitrogens with zero attached hydrogens (tertiary/aromatic N) is 2. The number of hydrazone groups is 1. The lowest BCUT2D eigenvalue weighted by atomic mass is 10.2. The number of halogens is 1. The summed E-state index contributed by atoms with van der Waals surface area (Å²) in [6, 6.07) is 21.5. The maximum atomic E-state index is 13.3. The molecule has 0 radical (unpaired) electrons. The van der Waals surface area contributed by atoms with Gasteiger partial charge < -0.3 is 4.74 Å². The molecular weight excluding hydrogens is 462 g/mol. The average molecular weight is 486 g/mol. The molecule has 0 aliphatic heterocycles. The van der Waals surface area contributed by atoms with E-state index < -0.39 is 22.5 Å². The van der Waals surface area contributed by atoms with Crippen molar-refractivity contribution in [2.24, 2.45) is 5.10 Å². The number of benzene rings is 3. The van der Waals surface area contributed by atoms with Crippen molar-refractivity contribution in [3.05, 3.63) is 89.4 Å². The highest BCUT2D eigenvalue weighted by atomic mass is 35.5. The Bertz CT molecular complexity index is 1210. The summed E-state index contributed by atoms with van der Waals surface area (Å²) in [5, 5.41) is 4.14. The number of amides is 1. The zero-order valence-electron chi connectivity index (χ0n) is 18.2. The number of carbonyl (C=O) groups is 1. The van der Waals surface area contributed by atoms with Gasteiger partial charge in [-0.3, -0.25) is 9.10 Å². The molecule has 0 fully saturated rings. The first-order chi connectivity index (χ1) is 15.8. The zero-order chi connectivity index (χ0) is 23.8. The van der Waals surface area contributed by atoms with Gasteiger partial charge in [0.25, 0.3) is 15.9 Å². The van der Waals surface area contributed by atoms with E-state index in [0.29, 0.717) is 0 Å². The molecule has 0 aliphatic carbocycles. The number of ether oxygens (including phenoxy) is 1. The quantitative estimate of drug-likeness (QED) is 0.357. The Morgan fingerprint density at radius 1 is 1.03 bits per heavy atom. The first-order valence-corrected chi connectivity index (χ1v) is 12.0. The zero-order valence-corrected chi connectivity index (χ0v) is 19.8. The first-order valence-electron chi connectivity index (χ1n) is 10.2. The number of nitrogens with one attached hydrogen (secondary N) is 1. The third kappa shape index (κ3) is 6.57. The molecule has 9 heteroatoms. The summed E-state index contributed by atoms with van der Waals surface area (Å²) in [7, 11) is -4.04. The van der Waals surface area contributed by atoms with Crippen LogP contribution in [0.5, 0.6) is 5.75 Å². The fraction of sp³-hybridized carbons (Fsp3) is 0.167. The lowest BCUT2D eigenvalue weighted by Gasteiger charge is -2.24. The standard InChI is InChI=1S/C24H24ClN3O4S/c1-18(2)32-20-14-12-19(13-15-20)16-26-27-24(29)17-28(23-11-7-6-10-22(23)25)33(30,31)21-8-4-3-5-9-21/h3-16,18H,17H2,1-2H3,(H,27,29). The number of carbonyl (C=O) groups excluding carboxylic acids is 1. The van der Waals surface area contributed by atoms with E-state index in [0.717, 1.165) is 15.6 Å². The van der Waals surface area contributed by atoms with Crippen molar-refractivity contribution in [1.29, 1.82) is 0 Å². The molecule has 0 aromatic heterocycles. The highest BCUT2D eigenvalue weighted by molar-refractivity contribution is 7.92. The second-order valence-corrected chi connectivity index (χ2v) is 9.57. The molecular formula is C24H24ClN3O4S. The van der Waals surface area contributed by atoms with Crippen molar-refractivity contribution >= 4 is 39.4 Å². The molecule has 1 amide bonds. The molecule has 0 bridgehead atoms. The molecule has 0 saturated carbocycles. The van der Waals surface area contributed by atoms with Crippen molar-refractivity contribution in [2.75, 3.05) is 10.8 Å². The Hall–Kier alpha value is -3.36. The third-order valence-electron chi connectivity index (χ3n) is 4.39. The molecule has 0 spiro atoms. The number of hydrogen-bond acceptors (Lipinski definition) is 5. The maximum absolute atomic E-state index is 13.3. The van der Waals surface area contributed by atoms with Crippen LogP contribution in [0.15, 0.2) is 88.9 Å². The van der Waals surface area contributed by atoms with Crippen molar-refractivity contribution in [1.82, 2.24) is 5.43 Å². The smallest absolute Gasteiger partial charge is 0.264 e. The van der Waals surface area contributed by atoms with E-state index in [1.54, 1.807) is 66.7 Å². The van der Waals surface area contributed by atoms with E-state index >= 15 is 0 Å². The van der Waals surface area contributed by atoms with Gasteiger partial charge in [0.1, 0.15) is 12.3 Å². The van der Waals surface area contributed by atoms with Crippen LogP contribution in [0.4, 0.5) is 5.69 Å². The number of hydrogen-bond donors (Lipinski definition) is 1. The summed E-state index contributed by atoms with van der Waals surface area (Å²) in [5.74, 6) is 0.109. The van der Waals surface area contributed by atoms with Crippen LogP contribution >= 0.6 is 11.6 Å². The summed E-state index contributed by atoms with van der Waals surface area (Å²) in [5.41, 5.74) is 3.31. The van der Waals surface area contributed by atoms with E-state index in [2.05, 4.69) is 10.5 Å². The molecule has 3 rings (SSSR count). The van der Waals surface area contributed by atoms with E-state index in [-0.39, 0.29) is 21.7 Å². The van der Waals surface area contributed by atoms with Gasteiger partial charge >= 0.3 is 0 Å². The van der Waals surface area contributed by atoms with Crippen molar-refractivity contribution in [3.63, 3.8) is 0 Å². The topological polar surface area (TPSA) is 88.1 Å². The molecule has 0 atom stereocenters. The largest absolute Gasteiger partial charge is 0.491 e. The van der Waals surface area contributed by atoms with E-state index in [4.69, 9.17) is 16.3 Å². The number of sulfonamides is 1. The highest BCUT2D eigenvalue weighted by Crippen LogP contribution is 2.30. The molecule has 0 unspecified atom stereocenters. The summed E-state index contributed by atoms with van der Waals surface area (Å²) < 4.78 is 33.1. The van der Waals surface area contributed by atoms with Gasteiger partial charge in [-0.15, -0.1) is 0 Å². The minimum absolute atomic E-state index is 0.0462. The van der Waals surface area contributed by atoms with E-state index in [9.17, 15) is 13.2 Å². The van der Waals surface area contributed by atoms with E-state index in [1.807, 2.05) is 13.8 Å². The molecule has 33 heavy (non-hydrogen) atoms. The number of para-hydroxylation sites is 1. The lowest BCUT2D eigenvalue weighted by Crippen LogP contribution is -2.39. The number of rotatable bonds is 9. The summed E-state index contributed by atoms with van der Waals surface area (Å²) in [6.45, 7) is 3.38. The Morgan fingerprint density at radius 2 is 1.67 bits per heavy atom. The molecule has 172 valence electrons. The van der Waals surface area contributed by atoms with Crippen LogP contribution in [0.2, 0.25) is 5.02 Å². The van der Waals surface area contributed by atoms with Gasteiger partial charge in [0.15, 0.2) is 0 Å². The Labute approximate surface area is 198 Å². The van der Waals surface area contributed by atoms with Crippen LogP contribution in [0.25, 0.3) is 0 Å². The fourth-order valence-electron chi connectivity index (χ4n) is 2.92. The molecule has 0 heterocycles. The van der Waals surface area contributed by atoms with E-state index in [1.165, 1.54) is 18.3 Å². The first kappa shape index (κ1) is 24.3. The molecule has 7 nitrogen and oxygen atoms in total.